The SMILES string of the molecule is CCCc1cc(CCl)cc(N(C)CCc2ccccc2)n1. The van der Waals surface area contributed by atoms with E-state index < -0.39 is 0 Å². The van der Waals surface area contributed by atoms with Crippen LogP contribution in [-0.2, 0) is 18.7 Å². The van der Waals surface area contributed by atoms with Crippen LogP contribution >= 0.6 is 11.6 Å². The Labute approximate surface area is 132 Å². The van der Waals surface area contributed by atoms with Crippen LogP contribution in [0.1, 0.15) is 30.2 Å². The van der Waals surface area contributed by atoms with Crippen molar-refractivity contribution in [2.75, 3.05) is 18.5 Å². The molecule has 0 amide bonds. The highest BCUT2D eigenvalue weighted by Gasteiger charge is 2.07. The van der Waals surface area contributed by atoms with Gasteiger partial charge in [-0.1, -0.05) is 43.7 Å². The van der Waals surface area contributed by atoms with Gasteiger partial charge in [-0.05, 0) is 36.1 Å². The summed E-state index contributed by atoms with van der Waals surface area (Å²) in [5.41, 5.74) is 3.64. The van der Waals surface area contributed by atoms with Crippen LogP contribution < -0.4 is 4.90 Å². The largest absolute Gasteiger partial charge is 0.359 e. The molecule has 0 saturated heterocycles. The van der Waals surface area contributed by atoms with Crippen LogP contribution in [0, 0.1) is 0 Å². The predicted molar refractivity (Wildman–Crippen MR) is 91.2 cm³/mol. The third kappa shape index (κ3) is 4.75. The molecule has 0 aliphatic heterocycles. The van der Waals surface area contributed by atoms with E-state index in [4.69, 9.17) is 16.6 Å². The van der Waals surface area contributed by atoms with Gasteiger partial charge in [0.2, 0.25) is 0 Å². The van der Waals surface area contributed by atoms with Crippen molar-refractivity contribution in [1.29, 1.82) is 0 Å². The molecule has 2 aromatic rings. The molecule has 0 unspecified atom stereocenters. The Kier molecular flexibility index (Phi) is 6.06. The summed E-state index contributed by atoms with van der Waals surface area (Å²) < 4.78 is 0. The number of rotatable bonds is 7. The summed E-state index contributed by atoms with van der Waals surface area (Å²) in [5, 5.41) is 0. The first-order valence-corrected chi connectivity index (χ1v) is 8.07. The van der Waals surface area contributed by atoms with E-state index in [1.165, 1.54) is 5.56 Å². The van der Waals surface area contributed by atoms with Crippen molar-refractivity contribution >= 4 is 17.4 Å². The van der Waals surface area contributed by atoms with Crippen molar-refractivity contribution in [3.63, 3.8) is 0 Å². The number of benzene rings is 1. The van der Waals surface area contributed by atoms with E-state index in [9.17, 15) is 0 Å². The van der Waals surface area contributed by atoms with Crippen LogP contribution in [0.5, 0.6) is 0 Å². The molecular formula is C18H23ClN2. The average molecular weight is 303 g/mol. The highest BCUT2D eigenvalue weighted by atomic mass is 35.5. The third-order valence-electron chi connectivity index (χ3n) is 3.55. The van der Waals surface area contributed by atoms with Crippen LogP contribution in [0.4, 0.5) is 5.82 Å². The molecule has 2 rings (SSSR count). The van der Waals surface area contributed by atoms with Crippen molar-refractivity contribution in [3.05, 3.63) is 59.3 Å². The van der Waals surface area contributed by atoms with E-state index in [1.54, 1.807) is 0 Å². The monoisotopic (exact) mass is 302 g/mol. The van der Waals surface area contributed by atoms with Gasteiger partial charge in [-0.2, -0.15) is 0 Å². The van der Waals surface area contributed by atoms with Gasteiger partial charge in [0.1, 0.15) is 5.82 Å². The fraction of sp³-hybridized carbons (Fsp3) is 0.389. The molecule has 1 aromatic carbocycles. The van der Waals surface area contributed by atoms with Crippen LogP contribution in [0.25, 0.3) is 0 Å². The molecule has 3 heteroatoms. The number of aromatic nitrogens is 1. The highest BCUT2D eigenvalue weighted by molar-refractivity contribution is 6.17. The van der Waals surface area contributed by atoms with E-state index in [2.05, 4.69) is 61.3 Å². The molecule has 1 heterocycles. The summed E-state index contributed by atoms with van der Waals surface area (Å²) in [6.45, 7) is 3.13. The number of hydrogen-bond acceptors (Lipinski definition) is 2. The zero-order chi connectivity index (χ0) is 15.1. The molecule has 0 radical (unpaired) electrons. The Morgan fingerprint density at radius 2 is 1.81 bits per heavy atom. The molecular weight excluding hydrogens is 280 g/mol. The van der Waals surface area contributed by atoms with E-state index in [1.807, 2.05) is 0 Å². The summed E-state index contributed by atoms with van der Waals surface area (Å²) in [4.78, 5) is 6.96. The molecule has 21 heavy (non-hydrogen) atoms. The molecule has 0 fully saturated rings. The van der Waals surface area contributed by atoms with E-state index >= 15 is 0 Å². The topological polar surface area (TPSA) is 16.1 Å². The van der Waals surface area contributed by atoms with Crippen LogP contribution in [0.3, 0.4) is 0 Å². The first kappa shape index (κ1) is 15.8. The zero-order valence-electron chi connectivity index (χ0n) is 12.8. The Balaban J connectivity index is 2.07. The Hall–Kier alpha value is -1.54. The lowest BCUT2D eigenvalue weighted by Crippen LogP contribution is -2.22. The summed E-state index contributed by atoms with van der Waals surface area (Å²) in [7, 11) is 2.10. The van der Waals surface area contributed by atoms with Gasteiger partial charge in [0.25, 0.3) is 0 Å². The summed E-state index contributed by atoms with van der Waals surface area (Å²) in [6.07, 6.45) is 3.13. The van der Waals surface area contributed by atoms with Crippen LogP contribution in [0.15, 0.2) is 42.5 Å². The second-order valence-electron chi connectivity index (χ2n) is 5.37. The smallest absolute Gasteiger partial charge is 0.128 e. The molecule has 2 nitrogen and oxygen atoms in total. The number of anilines is 1. The summed E-state index contributed by atoms with van der Waals surface area (Å²) >= 11 is 6.00. The molecule has 0 aliphatic carbocycles. The molecule has 0 aliphatic rings. The standard InChI is InChI=1S/C18H23ClN2/c1-3-7-17-12-16(14-19)13-18(20-17)21(2)11-10-15-8-5-4-6-9-15/h4-6,8-9,12-13H,3,7,10-11,14H2,1-2H3. The summed E-state index contributed by atoms with van der Waals surface area (Å²) in [5.74, 6) is 1.56. The molecule has 0 bridgehead atoms. The van der Waals surface area contributed by atoms with Crippen molar-refractivity contribution in [2.45, 2.75) is 32.1 Å². The molecule has 0 N–H and O–H groups in total. The van der Waals surface area contributed by atoms with Crippen LogP contribution in [0.2, 0.25) is 0 Å². The Morgan fingerprint density at radius 3 is 2.48 bits per heavy atom. The highest BCUT2D eigenvalue weighted by Crippen LogP contribution is 2.17. The minimum absolute atomic E-state index is 0.540. The molecule has 112 valence electrons. The fourth-order valence-electron chi connectivity index (χ4n) is 2.35. The van der Waals surface area contributed by atoms with Gasteiger partial charge in [-0.15, -0.1) is 11.6 Å². The normalized spacial score (nSPS) is 10.6. The lowest BCUT2D eigenvalue weighted by molar-refractivity contribution is 0.832. The zero-order valence-corrected chi connectivity index (χ0v) is 13.6. The van der Waals surface area contributed by atoms with Crippen molar-refractivity contribution < 1.29 is 0 Å². The number of alkyl halides is 1. The van der Waals surface area contributed by atoms with Gasteiger partial charge in [0.15, 0.2) is 0 Å². The van der Waals surface area contributed by atoms with E-state index in [0.29, 0.717) is 5.88 Å². The average Bonchev–Trinajstić information content (AvgIpc) is 2.53. The maximum atomic E-state index is 6.00. The number of pyridine rings is 1. The first-order chi connectivity index (χ1) is 10.2. The molecule has 0 spiro atoms. The van der Waals surface area contributed by atoms with Crippen molar-refractivity contribution in [3.8, 4) is 0 Å². The van der Waals surface area contributed by atoms with E-state index in [0.717, 1.165) is 42.9 Å². The number of likely N-dealkylation sites (N-methyl/N-ethyl adjacent to an activating group) is 1. The lowest BCUT2D eigenvalue weighted by atomic mass is 10.1. The number of hydrogen-bond donors (Lipinski definition) is 0. The van der Waals surface area contributed by atoms with Gasteiger partial charge in [-0.3, -0.25) is 0 Å². The quantitative estimate of drug-likeness (QED) is 0.702. The van der Waals surface area contributed by atoms with Gasteiger partial charge in [-0.25, -0.2) is 4.98 Å². The maximum Gasteiger partial charge on any atom is 0.128 e. The predicted octanol–water partition coefficient (Wildman–Crippen LogP) is 4.45. The van der Waals surface area contributed by atoms with Gasteiger partial charge in [0.05, 0.1) is 0 Å². The second kappa shape index (κ2) is 8.04. The minimum atomic E-state index is 0.540. The molecule has 1 aromatic heterocycles. The fourth-order valence-corrected chi connectivity index (χ4v) is 2.50. The molecule has 0 saturated carbocycles. The molecule has 0 atom stereocenters. The van der Waals surface area contributed by atoms with Gasteiger partial charge in [0, 0.05) is 25.2 Å². The first-order valence-electron chi connectivity index (χ1n) is 7.53. The van der Waals surface area contributed by atoms with Gasteiger partial charge >= 0.3 is 0 Å². The minimum Gasteiger partial charge on any atom is -0.359 e. The van der Waals surface area contributed by atoms with E-state index in [-0.39, 0.29) is 0 Å². The number of aryl methyl sites for hydroxylation is 1. The Bertz CT molecular complexity index is 554. The second-order valence-corrected chi connectivity index (χ2v) is 5.63. The number of nitrogens with zero attached hydrogens (tertiary/aromatic N) is 2. The van der Waals surface area contributed by atoms with Crippen molar-refractivity contribution in [2.24, 2.45) is 0 Å². The van der Waals surface area contributed by atoms with Crippen molar-refractivity contribution in [1.82, 2.24) is 4.98 Å². The number of halogens is 1. The maximum absolute atomic E-state index is 6.00. The van der Waals surface area contributed by atoms with Gasteiger partial charge < -0.3 is 4.90 Å². The summed E-state index contributed by atoms with van der Waals surface area (Å²) in [6, 6.07) is 14.8. The lowest BCUT2D eigenvalue weighted by Gasteiger charge is -2.20. The van der Waals surface area contributed by atoms with Crippen LogP contribution in [-0.4, -0.2) is 18.6 Å². The third-order valence-corrected chi connectivity index (χ3v) is 3.86. The Morgan fingerprint density at radius 1 is 1.05 bits per heavy atom.